The molecule has 2 N–H and O–H groups in total. The highest BCUT2D eigenvalue weighted by molar-refractivity contribution is 7.80. The lowest BCUT2D eigenvalue weighted by Gasteiger charge is -2.15. The fraction of sp³-hybridized carbons (Fsp3) is 0.235. The van der Waals surface area contributed by atoms with Gasteiger partial charge in [0.2, 0.25) is 0 Å². The standard InChI is InChI=1S/C17H16F3N3O5S/c1-26-12-3-4-14(15(8-12)27-2)22-16(29)21-10-5-11(23(24)25)7-13(6-10)28-9-17(18,19)20/h3-8H,9H2,1-2H3,(H2,21,22,29). The van der Waals surface area contributed by atoms with Crippen LogP contribution in [0.15, 0.2) is 36.4 Å². The van der Waals surface area contributed by atoms with Crippen LogP contribution in [0.4, 0.5) is 30.2 Å². The summed E-state index contributed by atoms with van der Waals surface area (Å²) in [4.78, 5) is 10.3. The molecule has 0 bridgehead atoms. The lowest BCUT2D eigenvalue weighted by molar-refractivity contribution is -0.384. The summed E-state index contributed by atoms with van der Waals surface area (Å²) in [5, 5.41) is 16.6. The summed E-state index contributed by atoms with van der Waals surface area (Å²) in [5.41, 5.74) is 0.0862. The molecule has 0 radical (unpaired) electrons. The maximum atomic E-state index is 12.4. The molecule has 0 spiro atoms. The Morgan fingerprint density at radius 3 is 2.41 bits per heavy atom. The van der Waals surface area contributed by atoms with Crippen LogP contribution in [-0.2, 0) is 0 Å². The van der Waals surface area contributed by atoms with Gasteiger partial charge >= 0.3 is 6.18 Å². The van der Waals surface area contributed by atoms with E-state index >= 15 is 0 Å². The second-order valence-corrected chi connectivity index (χ2v) is 5.93. The Morgan fingerprint density at radius 1 is 1.10 bits per heavy atom. The first-order chi connectivity index (χ1) is 13.6. The molecule has 12 heteroatoms. The van der Waals surface area contributed by atoms with E-state index in [9.17, 15) is 23.3 Å². The molecular weight excluding hydrogens is 415 g/mol. The molecule has 0 saturated carbocycles. The van der Waals surface area contributed by atoms with Gasteiger partial charge in [0, 0.05) is 18.2 Å². The lowest BCUT2D eigenvalue weighted by Crippen LogP contribution is -2.20. The van der Waals surface area contributed by atoms with Crippen molar-refractivity contribution in [3.63, 3.8) is 0 Å². The number of halogens is 3. The van der Waals surface area contributed by atoms with Crippen LogP contribution in [0.5, 0.6) is 17.2 Å². The highest BCUT2D eigenvalue weighted by Crippen LogP contribution is 2.30. The molecule has 0 aliphatic carbocycles. The summed E-state index contributed by atoms with van der Waals surface area (Å²) in [6.07, 6.45) is -4.58. The van der Waals surface area contributed by atoms with Crippen molar-refractivity contribution < 1.29 is 32.3 Å². The van der Waals surface area contributed by atoms with Crippen LogP contribution in [0.1, 0.15) is 0 Å². The van der Waals surface area contributed by atoms with E-state index in [4.69, 9.17) is 21.7 Å². The van der Waals surface area contributed by atoms with Gasteiger partial charge in [-0.05, 0) is 24.4 Å². The molecule has 0 saturated heterocycles. The third-order valence-electron chi connectivity index (χ3n) is 3.42. The molecule has 0 unspecified atom stereocenters. The van der Waals surface area contributed by atoms with E-state index in [1.807, 2.05) is 0 Å². The summed E-state index contributed by atoms with van der Waals surface area (Å²) >= 11 is 5.16. The Labute approximate surface area is 168 Å². The lowest BCUT2D eigenvalue weighted by atomic mass is 10.2. The fourth-order valence-corrected chi connectivity index (χ4v) is 2.42. The third kappa shape index (κ3) is 6.68. The Morgan fingerprint density at radius 2 is 1.83 bits per heavy atom. The number of rotatable bonds is 7. The smallest absolute Gasteiger partial charge is 0.422 e. The topological polar surface area (TPSA) is 94.9 Å². The predicted octanol–water partition coefficient (Wildman–Crippen LogP) is 4.36. The molecule has 2 aromatic rings. The van der Waals surface area contributed by atoms with Gasteiger partial charge in [-0.15, -0.1) is 0 Å². The zero-order valence-electron chi connectivity index (χ0n) is 15.2. The first kappa shape index (κ1) is 22.0. The van der Waals surface area contributed by atoms with E-state index in [1.54, 1.807) is 18.2 Å². The maximum absolute atomic E-state index is 12.4. The van der Waals surface area contributed by atoms with Gasteiger partial charge in [0.25, 0.3) is 5.69 Å². The van der Waals surface area contributed by atoms with E-state index in [0.717, 1.165) is 18.2 Å². The van der Waals surface area contributed by atoms with Crippen molar-refractivity contribution in [1.29, 1.82) is 0 Å². The van der Waals surface area contributed by atoms with Crippen LogP contribution < -0.4 is 24.8 Å². The third-order valence-corrected chi connectivity index (χ3v) is 3.62. The number of nitro groups is 1. The van der Waals surface area contributed by atoms with Crippen molar-refractivity contribution in [1.82, 2.24) is 0 Å². The van der Waals surface area contributed by atoms with Crippen molar-refractivity contribution in [3.8, 4) is 17.2 Å². The first-order valence-corrected chi connectivity index (χ1v) is 8.31. The minimum Gasteiger partial charge on any atom is -0.497 e. The maximum Gasteiger partial charge on any atom is 0.422 e. The molecular formula is C17H16F3N3O5S. The number of anilines is 2. The zero-order chi connectivity index (χ0) is 21.6. The van der Waals surface area contributed by atoms with Crippen molar-refractivity contribution in [2.24, 2.45) is 0 Å². The second kappa shape index (κ2) is 9.28. The number of thiocarbonyl (C=S) groups is 1. The second-order valence-electron chi connectivity index (χ2n) is 5.52. The number of ether oxygens (including phenoxy) is 3. The molecule has 0 atom stereocenters. The Balaban J connectivity index is 2.18. The van der Waals surface area contributed by atoms with Gasteiger partial charge in [-0.3, -0.25) is 10.1 Å². The van der Waals surface area contributed by atoms with E-state index in [0.29, 0.717) is 17.2 Å². The van der Waals surface area contributed by atoms with Crippen molar-refractivity contribution in [2.45, 2.75) is 6.18 Å². The highest BCUT2D eigenvalue weighted by Gasteiger charge is 2.28. The number of nitrogens with zero attached hydrogens (tertiary/aromatic N) is 1. The van der Waals surface area contributed by atoms with Crippen LogP contribution in [0.3, 0.4) is 0 Å². The molecule has 0 amide bonds. The van der Waals surface area contributed by atoms with Gasteiger partial charge in [-0.1, -0.05) is 0 Å². The first-order valence-electron chi connectivity index (χ1n) is 7.90. The normalized spacial score (nSPS) is 10.8. The number of alkyl halides is 3. The van der Waals surface area contributed by atoms with Gasteiger partial charge < -0.3 is 24.8 Å². The monoisotopic (exact) mass is 431 g/mol. The quantitative estimate of drug-likeness (QED) is 0.379. The Kier molecular flexibility index (Phi) is 7.04. The molecule has 156 valence electrons. The van der Waals surface area contributed by atoms with Crippen LogP contribution in [0, 0.1) is 10.1 Å². The largest absolute Gasteiger partial charge is 0.497 e. The molecule has 0 aliphatic rings. The number of benzene rings is 2. The van der Waals surface area contributed by atoms with E-state index in [1.165, 1.54) is 14.2 Å². The van der Waals surface area contributed by atoms with Crippen molar-refractivity contribution in [3.05, 3.63) is 46.5 Å². The van der Waals surface area contributed by atoms with Crippen LogP contribution >= 0.6 is 12.2 Å². The molecule has 0 heterocycles. The van der Waals surface area contributed by atoms with Gasteiger partial charge in [-0.25, -0.2) is 0 Å². The number of non-ortho nitro benzene ring substituents is 1. The fourth-order valence-electron chi connectivity index (χ4n) is 2.20. The number of nitrogens with one attached hydrogen (secondary N) is 2. The zero-order valence-corrected chi connectivity index (χ0v) is 16.0. The van der Waals surface area contributed by atoms with E-state index in [-0.39, 0.29) is 16.5 Å². The molecule has 0 aromatic heterocycles. The van der Waals surface area contributed by atoms with Gasteiger partial charge in [0.15, 0.2) is 11.7 Å². The SMILES string of the molecule is COc1ccc(NC(=S)Nc2cc(OCC(F)(F)F)cc([N+](=O)[O-])c2)c(OC)c1. The van der Waals surface area contributed by atoms with E-state index in [2.05, 4.69) is 15.4 Å². The summed E-state index contributed by atoms with van der Waals surface area (Å²) in [5.74, 6) is 0.641. The number of methoxy groups -OCH3 is 2. The van der Waals surface area contributed by atoms with Crippen molar-refractivity contribution >= 4 is 34.4 Å². The number of hydrogen-bond acceptors (Lipinski definition) is 6. The Hall–Kier alpha value is -3.28. The number of nitro benzene ring substituents is 1. The van der Waals surface area contributed by atoms with E-state index < -0.39 is 23.4 Å². The molecule has 0 fully saturated rings. The minimum absolute atomic E-state index is 0.0238. The van der Waals surface area contributed by atoms with Crippen LogP contribution in [0.2, 0.25) is 0 Å². The average molecular weight is 431 g/mol. The van der Waals surface area contributed by atoms with Crippen LogP contribution in [0.25, 0.3) is 0 Å². The molecule has 29 heavy (non-hydrogen) atoms. The summed E-state index contributed by atoms with van der Waals surface area (Å²) in [6, 6.07) is 8.07. The molecule has 2 aromatic carbocycles. The summed E-state index contributed by atoms with van der Waals surface area (Å²) in [7, 11) is 2.94. The van der Waals surface area contributed by atoms with Gasteiger partial charge in [0.05, 0.1) is 36.6 Å². The molecule has 0 aliphatic heterocycles. The summed E-state index contributed by atoms with van der Waals surface area (Å²) < 4.78 is 52.0. The molecule has 8 nitrogen and oxygen atoms in total. The average Bonchev–Trinajstić information content (AvgIpc) is 2.65. The highest BCUT2D eigenvalue weighted by atomic mass is 32.1. The molecule has 2 rings (SSSR count). The minimum atomic E-state index is -4.58. The van der Waals surface area contributed by atoms with Gasteiger partial charge in [-0.2, -0.15) is 13.2 Å². The predicted molar refractivity (Wildman–Crippen MR) is 104 cm³/mol. The van der Waals surface area contributed by atoms with Crippen molar-refractivity contribution in [2.75, 3.05) is 31.5 Å². The Bertz CT molecular complexity index is 908. The van der Waals surface area contributed by atoms with Gasteiger partial charge in [0.1, 0.15) is 17.2 Å². The number of hydrogen-bond donors (Lipinski definition) is 2. The summed E-state index contributed by atoms with van der Waals surface area (Å²) in [6.45, 7) is -1.58. The van der Waals surface area contributed by atoms with Crippen LogP contribution in [-0.4, -0.2) is 37.0 Å².